The van der Waals surface area contributed by atoms with Gasteiger partial charge in [0.15, 0.2) is 0 Å². The van der Waals surface area contributed by atoms with Gasteiger partial charge in [-0.25, -0.2) is 0 Å². The molecule has 0 radical (unpaired) electrons. The van der Waals surface area contributed by atoms with Crippen LogP contribution in [0.2, 0.25) is 0 Å². The van der Waals surface area contributed by atoms with Crippen LogP contribution in [-0.2, 0) is 6.42 Å². The van der Waals surface area contributed by atoms with Crippen molar-refractivity contribution in [1.29, 1.82) is 0 Å². The summed E-state index contributed by atoms with van der Waals surface area (Å²) in [4.78, 5) is 0. The van der Waals surface area contributed by atoms with Crippen molar-refractivity contribution >= 4 is 11.3 Å². The molecule has 2 N–H and O–H groups in total. The van der Waals surface area contributed by atoms with E-state index in [1.165, 1.54) is 0 Å². The molecule has 1 saturated heterocycles. The van der Waals surface area contributed by atoms with Gasteiger partial charge in [-0.1, -0.05) is 0 Å². The number of aliphatic hydroxyl groups excluding tert-OH is 1. The highest BCUT2D eigenvalue weighted by atomic mass is 32.1. The molecule has 0 spiro atoms. The van der Waals surface area contributed by atoms with Gasteiger partial charge < -0.3 is 10.4 Å². The summed E-state index contributed by atoms with van der Waals surface area (Å²) in [5.41, 5.74) is 0. The molecule has 1 aromatic rings. The Hall–Kier alpha value is -0.520. The molecule has 0 aromatic carbocycles. The van der Waals surface area contributed by atoms with E-state index in [1.807, 2.05) is 6.92 Å². The van der Waals surface area contributed by atoms with E-state index in [-0.39, 0.29) is 6.10 Å². The predicted molar refractivity (Wildman–Crippen MR) is 50.7 cm³/mol. The zero-order valence-electron chi connectivity index (χ0n) is 7.53. The number of aliphatic hydroxyl groups is 1. The van der Waals surface area contributed by atoms with Crippen LogP contribution in [0.4, 0.5) is 0 Å². The lowest BCUT2D eigenvalue weighted by molar-refractivity contribution is 0.147. The van der Waals surface area contributed by atoms with Gasteiger partial charge in [-0.3, -0.25) is 0 Å². The summed E-state index contributed by atoms with van der Waals surface area (Å²) in [6, 6.07) is 0. The van der Waals surface area contributed by atoms with Crippen molar-refractivity contribution in [3.8, 4) is 0 Å². The molecule has 1 aliphatic heterocycles. The first-order valence-corrected chi connectivity index (χ1v) is 5.25. The van der Waals surface area contributed by atoms with Crippen LogP contribution >= 0.6 is 11.3 Å². The third kappa shape index (κ3) is 2.04. The lowest BCUT2D eigenvalue weighted by atomic mass is 10.0. The zero-order valence-corrected chi connectivity index (χ0v) is 8.34. The lowest BCUT2D eigenvalue weighted by Gasteiger charge is -2.09. The maximum Gasteiger partial charge on any atom is 0.117 e. The molecule has 2 atom stereocenters. The quantitative estimate of drug-likeness (QED) is 0.702. The molecule has 0 amide bonds. The molecule has 1 aliphatic rings. The summed E-state index contributed by atoms with van der Waals surface area (Å²) < 4.78 is 0. The molecule has 1 fully saturated rings. The van der Waals surface area contributed by atoms with E-state index < -0.39 is 0 Å². The van der Waals surface area contributed by atoms with Crippen molar-refractivity contribution in [2.24, 2.45) is 5.92 Å². The summed E-state index contributed by atoms with van der Waals surface area (Å²) in [6.07, 6.45) is 0.629. The number of hydrogen-bond donors (Lipinski definition) is 2. The number of aromatic nitrogens is 2. The molecule has 72 valence electrons. The molecule has 0 saturated carbocycles. The van der Waals surface area contributed by atoms with E-state index in [1.54, 1.807) is 11.3 Å². The third-order valence-electron chi connectivity index (χ3n) is 2.31. The van der Waals surface area contributed by atoms with E-state index in [9.17, 15) is 5.11 Å². The maximum atomic E-state index is 9.55. The molecular formula is C8H13N3OS. The Morgan fingerprint density at radius 3 is 2.92 bits per heavy atom. The highest BCUT2D eigenvalue weighted by Crippen LogP contribution is 2.18. The van der Waals surface area contributed by atoms with E-state index >= 15 is 0 Å². The Morgan fingerprint density at radius 2 is 2.38 bits per heavy atom. The number of nitrogens with zero attached hydrogens (tertiary/aromatic N) is 2. The van der Waals surface area contributed by atoms with Crippen LogP contribution in [-0.4, -0.2) is 34.5 Å². The number of aryl methyl sites for hydroxylation is 1. The van der Waals surface area contributed by atoms with Gasteiger partial charge in [0.05, 0.1) is 6.10 Å². The Balaban J connectivity index is 1.97. The molecular weight excluding hydrogens is 186 g/mol. The second-order valence-electron chi connectivity index (χ2n) is 3.40. The molecule has 2 unspecified atom stereocenters. The van der Waals surface area contributed by atoms with Gasteiger partial charge in [0, 0.05) is 25.4 Å². The minimum absolute atomic E-state index is 0.218. The Kier molecular flexibility index (Phi) is 2.57. The van der Waals surface area contributed by atoms with Gasteiger partial charge in [0.1, 0.15) is 10.0 Å². The molecule has 0 aliphatic carbocycles. The fraction of sp³-hybridized carbons (Fsp3) is 0.750. The third-order valence-corrected chi connectivity index (χ3v) is 3.17. The SMILES string of the molecule is Cc1nnc(CC2CNCC2O)s1. The molecule has 4 nitrogen and oxygen atoms in total. The molecule has 5 heteroatoms. The van der Waals surface area contributed by atoms with Crippen LogP contribution in [0.3, 0.4) is 0 Å². The topological polar surface area (TPSA) is 58.0 Å². The maximum absolute atomic E-state index is 9.55. The van der Waals surface area contributed by atoms with E-state index in [4.69, 9.17) is 0 Å². The molecule has 2 heterocycles. The van der Waals surface area contributed by atoms with E-state index in [2.05, 4.69) is 15.5 Å². The average molecular weight is 199 g/mol. The first-order chi connectivity index (χ1) is 6.25. The van der Waals surface area contributed by atoms with E-state index in [0.717, 1.165) is 23.0 Å². The summed E-state index contributed by atoms with van der Waals surface area (Å²) in [7, 11) is 0. The molecule has 0 bridgehead atoms. The average Bonchev–Trinajstić information content (AvgIpc) is 2.64. The predicted octanol–water partition coefficient (Wildman–Crippen LogP) is -0.0307. The Bertz CT molecular complexity index is 289. The van der Waals surface area contributed by atoms with Crippen molar-refractivity contribution in [1.82, 2.24) is 15.5 Å². The van der Waals surface area contributed by atoms with Crippen LogP contribution in [0.1, 0.15) is 10.0 Å². The first-order valence-electron chi connectivity index (χ1n) is 4.43. The second-order valence-corrected chi connectivity index (χ2v) is 4.67. The minimum atomic E-state index is -0.218. The molecule has 13 heavy (non-hydrogen) atoms. The van der Waals surface area contributed by atoms with Gasteiger partial charge >= 0.3 is 0 Å². The highest BCUT2D eigenvalue weighted by Gasteiger charge is 2.25. The fourth-order valence-corrected chi connectivity index (χ4v) is 2.37. The van der Waals surface area contributed by atoms with Gasteiger partial charge in [-0.2, -0.15) is 0 Å². The number of rotatable bonds is 2. The van der Waals surface area contributed by atoms with Crippen molar-refractivity contribution in [2.75, 3.05) is 13.1 Å². The largest absolute Gasteiger partial charge is 0.391 e. The van der Waals surface area contributed by atoms with Gasteiger partial charge in [-0.05, 0) is 6.92 Å². The van der Waals surface area contributed by atoms with Crippen molar-refractivity contribution < 1.29 is 5.11 Å². The highest BCUT2D eigenvalue weighted by molar-refractivity contribution is 7.11. The van der Waals surface area contributed by atoms with Crippen LogP contribution in [0.5, 0.6) is 0 Å². The van der Waals surface area contributed by atoms with Crippen molar-refractivity contribution in [2.45, 2.75) is 19.4 Å². The summed E-state index contributed by atoms with van der Waals surface area (Å²) in [6.45, 7) is 3.55. The van der Waals surface area contributed by atoms with Gasteiger partial charge in [0.2, 0.25) is 0 Å². The monoisotopic (exact) mass is 199 g/mol. The molecule has 2 rings (SSSR count). The Morgan fingerprint density at radius 1 is 1.54 bits per heavy atom. The molecule has 1 aromatic heterocycles. The van der Waals surface area contributed by atoms with Gasteiger partial charge in [-0.15, -0.1) is 21.5 Å². The van der Waals surface area contributed by atoms with Crippen LogP contribution in [0, 0.1) is 12.8 Å². The van der Waals surface area contributed by atoms with Crippen LogP contribution in [0.15, 0.2) is 0 Å². The van der Waals surface area contributed by atoms with E-state index in [0.29, 0.717) is 12.5 Å². The Labute approximate surface area is 81.0 Å². The summed E-state index contributed by atoms with van der Waals surface area (Å²) >= 11 is 1.62. The summed E-state index contributed by atoms with van der Waals surface area (Å²) in [5, 5.41) is 22.7. The standard InChI is InChI=1S/C8H13N3OS/c1-5-10-11-8(13-5)2-6-3-9-4-7(6)12/h6-7,9,12H,2-4H2,1H3. The first kappa shape index (κ1) is 9.05. The number of β-amino-alcohol motifs (C(OH)–C–C–N with tert-alkyl or cyclic N) is 1. The number of hydrogen-bond acceptors (Lipinski definition) is 5. The zero-order chi connectivity index (χ0) is 9.26. The fourth-order valence-electron chi connectivity index (χ4n) is 1.57. The van der Waals surface area contributed by atoms with Crippen LogP contribution < -0.4 is 5.32 Å². The van der Waals surface area contributed by atoms with Crippen LogP contribution in [0.25, 0.3) is 0 Å². The van der Waals surface area contributed by atoms with Crippen molar-refractivity contribution in [3.63, 3.8) is 0 Å². The van der Waals surface area contributed by atoms with Crippen molar-refractivity contribution in [3.05, 3.63) is 10.0 Å². The van der Waals surface area contributed by atoms with Gasteiger partial charge in [0.25, 0.3) is 0 Å². The normalized spacial score (nSPS) is 28.2. The second kappa shape index (κ2) is 3.69. The summed E-state index contributed by atoms with van der Waals surface area (Å²) in [5.74, 6) is 0.312. The smallest absolute Gasteiger partial charge is 0.117 e. The number of nitrogens with one attached hydrogen (secondary N) is 1. The lowest BCUT2D eigenvalue weighted by Crippen LogP contribution is -2.19. The minimum Gasteiger partial charge on any atom is -0.391 e.